The van der Waals surface area contributed by atoms with Gasteiger partial charge in [0.2, 0.25) is 17.7 Å². The minimum atomic E-state index is -1.08. The number of benzene rings is 3. The van der Waals surface area contributed by atoms with Crippen molar-refractivity contribution in [1.82, 2.24) is 20.5 Å². The highest BCUT2D eigenvalue weighted by Crippen LogP contribution is 2.23. The van der Waals surface area contributed by atoms with E-state index in [-0.39, 0.29) is 37.9 Å². The molecule has 0 spiro atoms. The van der Waals surface area contributed by atoms with Crippen LogP contribution in [0.15, 0.2) is 85.1 Å². The van der Waals surface area contributed by atoms with Crippen molar-refractivity contribution in [1.29, 1.82) is 0 Å². The van der Waals surface area contributed by atoms with Crippen LogP contribution in [0.25, 0.3) is 10.9 Å². The summed E-state index contributed by atoms with van der Waals surface area (Å²) in [6.07, 6.45) is 2.26. The summed E-state index contributed by atoms with van der Waals surface area (Å²) in [6, 6.07) is 23.7. The van der Waals surface area contributed by atoms with Crippen molar-refractivity contribution >= 4 is 34.4 Å². The second-order valence-electron chi connectivity index (χ2n) is 10.3. The number of rotatable bonds is 12. The van der Waals surface area contributed by atoms with Crippen LogP contribution in [0.1, 0.15) is 23.6 Å². The van der Waals surface area contributed by atoms with Crippen LogP contribution in [0, 0.1) is 5.92 Å². The van der Waals surface area contributed by atoms with Crippen molar-refractivity contribution in [3.8, 4) is 5.75 Å². The smallest absolute Gasteiger partial charge is 0.246 e. The van der Waals surface area contributed by atoms with Crippen LogP contribution >= 0.6 is 0 Å². The molecule has 1 aromatic heterocycles. The normalized spacial score (nSPS) is 15.7. The van der Waals surface area contributed by atoms with Gasteiger partial charge in [-0.3, -0.25) is 19.2 Å². The molecule has 3 amide bonds. The second-order valence-corrected chi connectivity index (χ2v) is 10.3. The van der Waals surface area contributed by atoms with Crippen molar-refractivity contribution in [2.45, 2.75) is 32.4 Å². The monoisotopic (exact) mass is 566 g/mol. The third-order valence-corrected chi connectivity index (χ3v) is 7.44. The van der Waals surface area contributed by atoms with Gasteiger partial charge >= 0.3 is 0 Å². The van der Waals surface area contributed by atoms with E-state index in [9.17, 15) is 19.2 Å². The van der Waals surface area contributed by atoms with Gasteiger partial charge in [0, 0.05) is 35.6 Å². The number of nitrogens with zero attached hydrogens (tertiary/aromatic N) is 1. The molecular weight excluding hydrogens is 532 g/mol. The zero-order valence-corrected chi connectivity index (χ0v) is 23.5. The summed E-state index contributed by atoms with van der Waals surface area (Å²) in [5.74, 6) is -1.98. The molecule has 0 saturated carbocycles. The van der Waals surface area contributed by atoms with E-state index in [1.54, 1.807) is 6.20 Å². The lowest BCUT2D eigenvalue weighted by molar-refractivity contribution is -0.147. The Morgan fingerprint density at radius 1 is 0.976 bits per heavy atom. The van der Waals surface area contributed by atoms with Gasteiger partial charge < -0.3 is 25.3 Å². The van der Waals surface area contributed by atoms with Crippen LogP contribution in [0.2, 0.25) is 0 Å². The third kappa shape index (κ3) is 6.68. The van der Waals surface area contributed by atoms with Crippen LogP contribution in [0.5, 0.6) is 5.75 Å². The van der Waals surface area contributed by atoms with Gasteiger partial charge in [0.25, 0.3) is 0 Å². The summed E-state index contributed by atoms with van der Waals surface area (Å²) >= 11 is 0. The molecule has 0 bridgehead atoms. The number of para-hydroxylation sites is 2. The molecular formula is C33H34N4O5. The van der Waals surface area contributed by atoms with Gasteiger partial charge in [0.15, 0.2) is 5.78 Å². The molecule has 1 fully saturated rings. The first-order valence-electron chi connectivity index (χ1n) is 14.1. The Morgan fingerprint density at radius 2 is 1.71 bits per heavy atom. The fourth-order valence-corrected chi connectivity index (χ4v) is 5.32. The largest absolute Gasteiger partial charge is 0.494 e. The molecule has 9 heteroatoms. The van der Waals surface area contributed by atoms with Crippen LogP contribution in [-0.2, 0) is 38.6 Å². The van der Waals surface area contributed by atoms with Gasteiger partial charge in [-0.25, -0.2) is 0 Å². The van der Waals surface area contributed by atoms with Gasteiger partial charge in [0.05, 0.1) is 13.2 Å². The summed E-state index contributed by atoms with van der Waals surface area (Å²) in [4.78, 5) is 57.7. The zero-order chi connectivity index (χ0) is 29.5. The molecule has 42 heavy (non-hydrogen) atoms. The zero-order valence-electron chi connectivity index (χ0n) is 23.5. The summed E-state index contributed by atoms with van der Waals surface area (Å²) in [7, 11) is 0. The Bertz CT molecular complexity index is 1580. The van der Waals surface area contributed by atoms with Gasteiger partial charge in [-0.2, -0.15) is 0 Å². The summed E-state index contributed by atoms with van der Waals surface area (Å²) < 4.78 is 5.68. The second kappa shape index (κ2) is 13.2. The molecule has 1 aliphatic rings. The Morgan fingerprint density at radius 3 is 2.52 bits per heavy atom. The van der Waals surface area contributed by atoms with Crippen LogP contribution < -0.4 is 15.4 Å². The van der Waals surface area contributed by atoms with E-state index in [0.29, 0.717) is 18.8 Å². The van der Waals surface area contributed by atoms with Gasteiger partial charge in [-0.05, 0) is 36.6 Å². The number of carbonyl (C=O) groups excluding carboxylic acids is 4. The molecule has 1 aliphatic heterocycles. The van der Waals surface area contributed by atoms with Crippen LogP contribution in [-0.4, -0.2) is 59.1 Å². The Labute approximate surface area is 244 Å². The number of carbonyl (C=O) groups is 4. The molecule has 3 N–H and O–H groups in total. The first-order chi connectivity index (χ1) is 20.4. The summed E-state index contributed by atoms with van der Waals surface area (Å²) in [5, 5.41) is 6.57. The fraction of sp³-hybridized carbons (Fsp3) is 0.273. The lowest BCUT2D eigenvalue weighted by Crippen LogP contribution is -2.60. The van der Waals surface area contributed by atoms with Crippen molar-refractivity contribution in [2.75, 3.05) is 19.7 Å². The molecule has 2 unspecified atom stereocenters. The van der Waals surface area contributed by atoms with Crippen molar-refractivity contribution in [3.05, 3.63) is 102 Å². The first kappa shape index (κ1) is 28.6. The van der Waals surface area contributed by atoms with E-state index < -0.39 is 23.7 Å². The molecule has 216 valence electrons. The minimum Gasteiger partial charge on any atom is -0.494 e. The Balaban J connectivity index is 1.35. The van der Waals surface area contributed by atoms with E-state index in [2.05, 4.69) is 15.6 Å². The number of aromatic nitrogens is 1. The molecule has 0 radical (unpaired) electrons. The molecule has 0 aliphatic carbocycles. The Kier molecular flexibility index (Phi) is 8.96. The highest BCUT2D eigenvalue weighted by Gasteiger charge is 2.36. The van der Waals surface area contributed by atoms with Crippen molar-refractivity contribution in [2.24, 2.45) is 5.92 Å². The van der Waals surface area contributed by atoms with Crippen molar-refractivity contribution < 1.29 is 23.9 Å². The highest BCUT2D eigenvalue weighted by molar-refractivity contribution is 6.05. The average Bonchev–Trinajstić information content (AvgIpc) is 3.41. The lowest BCUT2D eigenvalue weighted by Gasteiger charge is -2.33. The Hall–Kier alpha value is -4.92. The topological polar surface area (TPSA) is 121 Å². The minimum absolute atomic E-state index is 0.142. The molecule has 3 aromatic carbocycles. The SMILES string of the molecule is CCOc1ccccc1CNC(=O)C(Cc1c[nH]c2ccccc12)C(=O)CN1CC(=O)NC(Cc2ccccc2)C1=O. The van der Waals surface area contributed by atoms with Gasteiger partial charge in [-0.1, -0.05) is 66.7 Å². The van der Waals surface area contributed by atoms with Gasteiger partial charge in [0.1, 0.15) is 24.3 Å². The number of hydrogen-bond donors (Lipinski definition) is 3. The molecule has 2 atom stereocenters. The third-order valence-electron chi connectivity index (χ3n) is 7.44. The van der Waals surface area contributed by atoms with E-state index in [1.165, 1.54) is 4.90 Å². The number of ketones is 1. The van der Waals surface area contributed by atoms with Crippen LogP contribution in [0.3, 0.4) is 0 Å². The van der Waals surface area contributed by atoms with Crippen LogP contribution in [0.4, 0.5) is 0 Å². The fourth-order valence-electron chi connectivity index (χ4n) is 5.32. The highest BCUT2D eigenvalue weighted by atomic mass is 16.5. The van der Waals surface area contributed by atoms with E-state index >= 15 is 0 Å². The molecule has 9 nitrogen and oxygen atoms in total. The summed E-state index contributed by atoms with van der Waals surface area (Å²) in [6.45, 7) is 1.97. The van der Waals surface area contributed by atoms with Gasteiger partial charge in [-0.15, -0.1) is 0 Å². The molecule has 2 heterocycles. The van der Waals surface area contributed by atoms with E-state index in [1.807, 2.05) is 85.8 Å². The maximum absolute atomic E-state index is 13.8. The number of amides is 3. The quantitative estimate of drug-likeness (QED) is 0.228. The number of ether oxygens (including phenoxy) is 1. The number of hydrogen-bond acceptors (Lipinski definition) is 5. The lowest BCUT2D eigenvalue weighted by atomic mass is 9.93. The van der Waals surface area contributed by atoms with Crippen molar-refractivity contribution in [3.63, 3.8) is 0 Å². The average molecular weight is 567 g/mol. The molecule has 1 saturated heterocycles. The number of H-pyrrole nitrogens is 1. The molecule has 5 rings (SSSR count). The predicted molar refractivity (Wildman–Crippen MR) is 159 cm³/mol. The van der Waals surface area contributed by atoms with E-state index in [0.717, 1.165) is 27.6 Å². The van der Waals surface area contributed by atoms with E-state index in [4.69, 9.17) is 4.74 Å². The standard InChI is InChI=1S/C33H34N4O5/c1-2-42-30-15-9-6-12-23(30)18-35-32(40)26(17-24-19-34-27-14-8-7-13-25(24)27)29(38)20-37-21-31(39)36-28(33(37)41)16-22-10-4-3-5-11-22/h3-15,19,26,28,34H,2,16-18,20-21H2,1H3,(H,35,40)(H,36,39). The predicted octanol–water partition coefficient (Wildman–Crippen LogP) is 3.18. The number of piperazine rings is 1. The first-order valence-corrected chi connectivity index (χ1v) is 14.1. The maximum Gasteiger partial charge on any atom is 0.246 e. The summed E-state index contributed by atoms with van der Waals surface area (Å²) in [5.41, 5.74) is 3.40. The maximum atomic E-state index is 13.8. The number of Topliss-reactive ketones (excluding diaryl/α,β-unsaturated/α-hetero) is 1. The molecule has 4 aromatic rings. The number of nitrogens with one attached hydrogen (secondary N) is 3. The number of aromatic amines is 1. The number of fused-ring (bicyclic) bond motifs is 1.